The summed E-state index contributed by atoms with van der Waals surface area (Å²) in [7, 11) is 5.56. The van der Waals surface area contributed by atoms with Crippen LogP contribution in [0.15, 0.2) is 0 Å². The third kappa shape index (κ3) is 28.5. The first-order chi connectivity index (χ1) is 13.8. The molecule has 0 aliphatic heterocycles. The SMILES string of the molecule is CCP(CC)CCP(CC)CC.CCP(CC)CCP(CC)CC.CN(C)[C]#[Mo+].[SH-]. The fourth-order valence-electron chi connectivity index (χ4n) is 2.73. The average molecular weight is 598 g/mol. The van der Waals surface area contributed by atoms with E-state index in [1.807, 2.05) is 38.1 Å². The predicted octanol–water partition coefficient (Wildman–Crippen LogP) is 7.80. The van der Waals surface area contributed by atoms with Gasteiger partial charge in [0, 0.05) is 0 Å². The van der Waals surface area contributed by atoms with Crippen LogP contribution in [0.2, 0.25) is 0 Å². The Morgan fingerprint density at radius 2 is 0.633 bits per heavy atom. The summed E-state index contributed by atoms with van der Waals surface area (Å²) < 4.78 is 2.87. The summed E-state index contributed by atoms with van der Waals surface area (Å²) in [4.78, 5) is 1.88. The second-order valence-electron chi connectivity index (χ2n) is 7.09. The summed E-state index contributed by atoms with van der Waals surface area (Å²) in [6.07, 6.45) is 17.8. The summed E-state index contributed by atoms with van der Waals surface area (Å²) in [5.41, 5.74) is 0. The maximum Gasteiger partial charge on any atom is -0.813 e. The third-order valence-electron chi connectivity index (χ3n) is 5.23. The zero-order valence-electron chi connectivity index (χ0n) is 22.1. The van der Waals surface area contributed by atoms with Crippen molar-refractivity contribution >= 4 is 45.2 Å². The maximum absolute atomic E-state index is 2.87. The molecule has 0 aromatic rings. The van der Waals surface area contributed by atoms with Crippen LogP contribution in [-0.2, 0) is 32.6 Å². The van der Waals surface area contributed by atoms with Crippen molar-refractivity contribution in [2.24, 2.45) is 0 Å². The normalized spacial score (nSPS) is 10.5. The molecule has 184 valence electrons. The molecule has 0 aliphatic rings. The molecule has 0 fully saturated rings. The van der Waals surface area contributed by atoms with E-state index in [0.29, 0.717) is 31.7 Å². The number of hydrogen-bond donors (Lipinski definition) is 0. The van der Waals surface area contributed by atoms with Gasteiger partial charge in [0.05, 0.1) is 0 Å². The molecule has 0 spiro atoms. The van der Waals surface area contributed by atoms with E-state index in [2.05, 4.69) is 59.7 Å². The Balaban J connectivity index is -0.000000180. The Hall–Kier alpha value is 2.50. The van der Waals surface area contributed by atoms with Crippen molar-refractivity contribution in [3.63, 3.8) is 0 Å². The molecule has 0 unspecified atom stereocenters. The Morgan fingerprint density at radius 1 is 0.500 bits per heavy atom. The van der Waals surface area contributed by atoms with E-state index in [-0.39, 0.29) is 13.5 Å². The molecule has 0 aliphatic carbocycles. The minimum absolute atomic E-state index is 0. The number of hydrogen-bond acceptors (Lipinski definition) is 2. The molecule has 0 bridgehead atoms. The fourth-order valence-corrected chi connectivity index (χ4v) is 11.6. The summed E-state index contributed by atoms with van der Waals surface area (Å²) in [5, 5.41) is 0. The minimum atomic E-state index is 0. The van der Waals surface area contributed by atoms with Crippen LogP contribution in [-0.4, -0.2) is 92.9 Å². The molecule has 0 amide bonds. The first-order valence-electron chi connectivity index (χ1n) is 11.8. The number of nitrogens with zero attached hydrogens (tertiary/aromatic N) is 1. The van der Waals surface area contributed by atoms with Gasteiger partial charge in [0.15, 0.2) is 0 Å². The van der Waals surface area contributed by atoms with Gasteiger partial charge >= 0.3 is 42.5 Å². The topological polar surface area (TPSA) is 3.24 Å². The molecule has 0 atom stereocenters. The Bertz CT molecular complexity index is 293. The number of thiol groups is 1. The van der Waals surface area contributed by atoms with Gasteiger partial charge in [-0.2, -0.15) is 0 Å². The fraction of sp³-hybridized carbons (Fsp3) is 0.957. The van der Waals surface area contributed by atoms with Gasteiger partial charge in [-0.3, -0.25) is 0 Å². The predicted molar refractivity (Wildman–Crippen MR) is 158 cm³/mol. The van der Waals surface area contributed by atoms with E-state index < -0.39 is 0 Å². The van der Waals surface area contributed by atoms with E-state index in [4.69, 9.17) is 0 Å². The second kappa shape index (κ2) is 31.5. The molecule has 0 radical (unpaired) electrons. The molecule has 0 heterocycles. The van der Waals surface area contributed by atoms with Crippen molar-refractivity contribution in [2.75, 3.05) is 88.0 Å². The molecule has 0 rings (SSSR count). The quantitative estimate of drug-likeness (QED) is 0.0661. The Morgan fingerprint density at radius 3 is 0.700 bits per heavy atom. The van der Waals surface area contributed by atoms with Crippen LogP contribution in [0, 0.1) is 4.33 Å². The maximum atomic E-state index is 2.87. The van der Waals surface area contributed by atoms with Crippen LogP contribution in [0.5, 0.6) is 0 Å². The summed E-state index contributed by atoms with van der Waals surface area (Å²) in [6, 6.07) is 0. The van der Waals surface area contributed by atoms with Crippen LogP contribution < -0.4 is 0 Å². The van der Waals surface area contributed by atoms with E-state index >= 15 is 0 Å². The first kappa shape index (κ1) is 39.7. The smallest absolute Gasteiger partial charge is 0.813 e. The van der Waals surface area contributed by atoms with Crippen molar-refractivity contribution in [3.05, 3.63) is 0 Å². The van der Waals surface area contributed by atoms with E-state index in [1.54, 1.807) is 24.6 Å². The van der Waals surface area contributed by atoms with Crippen molar-refractivity contribution in [1.82, 2.24) is 4.90 Å². The van der Waals surface area contributed by atoms with Crippen molar-refractivity contribution in [2.45, 2.75) is 55.4 Å². The largest absolute Gasteiger partial charge is 0.813 e. The van der Waals surface area contributed by atoms with Gasteiger partial charge in [-0.15, -0.1) is 31.7 Å². The molecule has 0 aromatic heterocycles. The molecule has 30 heavy (non-hydrogen) atoms. The Labute approximate surface area is 215 Å². The molecule has 0 saturated carbocycles. The molecule has 1 nitrogen and oxygen atoms in total. The van der Waals surface area contributed by atoms with Crippen LogP contribution in [0.1, 0.15) is 55.4 Å². The molecule has 0 N–H and O–H groups in total. The number of rotatable bonds is 14. The van der Waals surface area contributed by atoms with Gasteiger partial charge in [-0.05, 0) is 73.9 Å². The summed E-state index contributed by atoms with van der Waals surface area (Å²) >= 11 is 1.82. The molecule has 7 heteroatoms. The zero-order valence-corrected chi connectivity index (χ0v) is 28.6. The van der Waals surface area contributed by atoms with Gasteiger partial charge in [0.25, 0.3) is 0 Å². The second-order valence-corrected chi connectivity index (χ2v) is 19.8. The van der Waals surface area contributed by atoms with Crippen molar-refractivity contribution in [1.29, 1.82) is 0 Å². The van der Waals surface area contributed by atoms with Gasteiger partial charge in [-0.1, -0.05) is 55.4 Å². The van der Waals surface area contributed by atoms with Crippen LogP contribution >= 0.6 is 31.7 Å². The van der Waals surface area contributed by atoms with Crippen molar-refractivity contribution < 1.29 is 19.2 Å². The van der Waals surface area contributed by atoms with Crippen molar-refractivity contribution in [3.8, 4) is 4.33 Å². The summed E-state index contributed by atoms with van der Waals surface area (Å²) in [6.45, 7) is 18.9. The molecule has 0 saturated heterocycles. The monoisotopic (exact) mass is 599 g/mol. The Kier molecular flexibility index (Phi) is 41.7. The standard InChI is InChI=1S/2C10H24P2.C3H6N.Mo.H2S/c2*1-5-11(6-2)9-10-12(7-3)8-4;1-4(2)3;;/h2*5-10H2,1-4H3;1-2H3;;1H2/q;;;+1;/p-1. The average Bonchev–Trinajstić information content (AvgIpc) is 2.75. The zero-order chi connectivity index (χ0) is 23.1. The van der Waals surface area contributed by atoms with Gasteiger partial charge in [0.1, 0.15) is 0 Å². The van der Waals surface area contributed by atoms with E-state index in [9.17, 15) is 0 Å². The van der Waals surface area contributed by atoms with Crippen LogP contribution in [0.25, 0.3) is 0 Å². The van der Waals surface area contributed by atoms with Gasteiger partial charge in [0.2, 0.25) is 0 Å². The van der Waals surface area contributed by atoms with E-state index in [1.165, 1.54) is 49.3 Å². The molecule has 0 aromatic carbocycles. The minimum Gasteiger partial charge on any atom is -0.813 e. The third-order valence-corrected chi connectivity index (χ3v) is 17.4. The van der Waals surface area contributed by atoms with Crippen LogP contribution in [0.4, 0.5) is 0 Å². The van der Waals surface area contributed by atoms with Gasteiger partial charge in [-0.25, -0.2) is 0 Å². The van der Waals surface area contributed by atoms with Crippen LogP contribution in [0.3, 0.4) is 0 Å². The first-order valence-corrected chi connectivity index (χ1v) is 20.4. The van der Waals surface area contributed by atoms with Gasteiger partial charge < -0.3 is 13.5 Å². The molecular weight excluding hydrogens is 542 g/mol. The molecular formula is C23H55MoNP4S. The van der Waals surface area contributed by atoms with E-state index in [0.717, 1.165) is 0 Å². The summed E-state index contributed by atoms with van der Waals surface area (Å²) in [5.74, 6) is 0.